The molecule has 1 N–H and O–H groups in total. The van der Waals surface area contributed by atoms with E-state index in [0.717, 1.165) is 0 Å². The number of hydrogen-bond acceptors (Lipinski definition) is 5. The Morgan fingerprint density at radius 1 is 1.27 bits per heavy atom. The number of aromatic nitrogens is 2. The van der Waals surface area contributed by atoms with Crippen LogP contribution >= 0.6 is 0 Å². The van der Waals surface area contributed by atoms with E-state index in [0.29, 0.717) is 23.6 Å². The molecule has 0 aliphatic carbocycles. The SMILES string of the molecule is Cc1cc(F)ccc1CC(=O)N1CCN(c2ncccn2)CC1C(=O)O. The van der Waals surface area contributed by atoms with Crippen LogP contribution in [0, 0.1) is 12.7 Å². The number of benzene rings is 1. The molecule has 1 atom stereocenters. The molecule has 1 unspecified atom stereocenters. The molecule has 136 valence electrons. The van der Waals surface area contributed by atoms with E-state index in [4.69, 9.17) is 0 Å². The molecule has 0 spiro atoms. The zero-order valence-corrected chi connectivity index (χ0v) is 14.3. The van der Waals surface area contributed by atoms with E-state index in [-0.39, 0.29) is 31.2 Å². The fourth-order valence-corrected chi connectivity index (χ4v) is 3.05. The molecule has 1 aromatic heterocycles. The van der Waals surface area contributed by atoms with Crippen molar-refractivity contribution in [1.29, 1.82) is 0 Å². The largest absolute Gasteiger partial charge is 0.480 e. The highest BCUT2D eigenvalue weighted by molar-refractivity contribution is 5.86. The third kappa shape index (κ3) is 3.79. The minimum atomic E-state index is -1.07. The van der Waals surface area contributed by atoms with Gasteiger partial charge in [0.1, 0.15) is 11.9 Å². The molecule has 1 amide bonds. The summed E-state index contributed by atoms with van der Waals surface area (Å²) in [6.07, 6.45) is 3.22. The van der Waals surface area contributed by atoms with E-state index in [9.17, 15) is 19.1 Å². The maximum Gasteiger partial charge on any atom is 0.328 e. The van der Waals surface area contributed by atoms with Gasteiger partial charge in [0, 0.05) is 25.5 Å². The highest BCUT2D eigenvalue weighted by atomic mass is 19.1. The van der Waals surface area contributed by atoms with Crippen molar-refractivity contribution in [2.75, 3.05) is 24.5 Å². The van der Waals surface area contributed by atoms with Crippen LogP contribution in [0.15, 0.2) is 36.7 Å². The molecule has 1 aliphatic rings. The Hall–Kier alpha value is -3.03. The van der Waals surface area contributed by atoms with Gasteiger partial charge in [-0.15, -0.1) is 0 Å². The number of aliphatic carboxylic acids is 1. The number of carboxylic acid groups (broad SMARTS) is 1. The Bertz CT molecular complexity index is 815. The molecule has 1 aliphatic heterocycles. The van der Waals surface area contributed by atoms with Crippen molar-refractivity contribution in [1.82, 2.24) is 14.9 Å². The van der Waals surface area contributed by atoms with Crippen LogP contribution in [-0.4, -0.2) is 57.5 Å². The van der Waals surface area contributed by atoms with E-state index in [1.165, 1.54) is 17.0 Å². The molecule has 7 nitrogen and oxygen atoms in total. The highest BCUT2D eigenvalue weighted by Gasteiger charge is 2.36. The summed E-state index contributed by atoms with van der Waals surface area (Å²) in [7, 11) is 0. The lowest BCUT2D eigenvalue weighted by Gasteiger charge is -2.39. The molecule has 1 saturated heterocycles. The second-order valence-electron chi connectivity index (χ2n) is 6.18. The van der Waals surface area contributed by atoms with Crippen LogP contribution in [0.5, 0.6) is 0 Å². The van der Waals surface area contributed by atoms with Crippen LogP contribution in [0.4, 0.5) is 10.3 Å². The summed E-state index contributed by atoms with van der Waals surface area (Å²) in [5.41, 5.74) is 1.36. The minimum absolute atomic E-state index is 0.0394. The van der Waals surface area contributed by atoms with Crippen molar-refractivity contribution < 1.29 is 19.1 Å². The van der Waals surface area contributed by atoms with E-state index >= 15 is 0 Å². The number of halogens is 1. The number of amides is 1. The predicted molar refractivity (Wildman–Crippen MR) is 92.2 cm³/mol. The molecule has 3 rings (SSSR count). The fraction of sp³-hybridized carbons (Fsp3) is 0.333. The molecule has 0 saturated carbocycles. The summed E-state index contributed by atoms with van der Waals surface area (Å²) in [6.45, 7) is 2.55. The Balaban J connectivity index is 1.74. The van der Waals surface area contributed by atoms with Gasteiger partial charge >= 0.3 is 5.97 Å². The number of aryl methyl sites for hydroxylation is 1. The van der Waals surface area contributed by atoms with Crippen molar-refractivity contribution in [2.24, 2.45) is 0 Å². The first kappa shape index (κ1) is 17.8. The van der Waals surface area contributed by atoms with Crippen LogP contribution in [-0.2, 0) is 16.0 Å². The summed E-state index contributed by atoms with van der Waals surface area (Å²) in [5.74, 6) is -1.28. The summed E-state index contributed by atoms with van der Waals surface area (Å²) >= 11 is 0. The minimum Gasteiger partial charge on any atom is -0.480 e. The lowest BCUT2D eigenvalue weighted by Crippen LogP contribution is -2.59. The van der Waals surface area contributed by atoms with Gasteiger partial charge in [0.15, 0.2) is 0 Å². The fourth-order valence-electron chi connectivity index (χ4n) is 3.05. The molecule has 2 heterocycles. The number of carbonyl (C=O) groups is 2. The Labute approximate surface area is 150 Å². The van der Waals surface area contributed by atoms with Crippen molar-refractivity contribution in [3.63, 3.8) is 0 Å². The summed E-state index contributed by atoms with van der Waals surface area (Å²) < 4.78 is 13.2. The molecule has 0 radical (unpaired) electrons. The van der Waals surface area contributed by atoms with Crippen LogP contribution in [0.1, 0.15) is 11.1 Å². The monoisotopic (exact) mass is 358 g/mol. The number of nitrogens with zero attached hydrogens (tertiary/aromatic N) is 4. The second kappa shape index (κ2) is 7.47. The van der Waals surface area contributed by atoms with Crippen LogP contribution < -0.4 is 4.90 Å². The normalized spacial score (nSPS) is 17.2. The van der Waals surface area contributed by atoms with Gasteiger partial charge in [0.2, 0.25) is 11.9 Å². The number of anilines is 1. The number of hydrogen-bond donors (Lipinski definition) is 1. The topological polar surface area (TPSA) is 86.6 Å². The van der Waals surface area contributed by atoms with Crippen LogP contribution in [0.25, 0.3) is 0 Å². The van der Waals surface area contributed by atoms with E-state index < -0.39 is 12.0 Å². The maximum atomic E-state index is 13.2. The van der Waals surface area contributed by atoms with Crippen molar-refractivity contribution >= 4 is 17.8 Å². The Morgan fingerprint density at radius 3 is 2.65 bits per heavy atom. The number of carbonyl (C=O) groups excluding carboxylic acids is 1. The third-order valence-electron chi connectivity index (χ3n) is 4.47. The van der Waals surface area contributed by atoms with Crippen molar-refractivity contribution in [3.8, 4) is 0 Å². The zero-order chi connectivity index (χ0) is 18.7. The van der Waals surface area contributed by atoms with Crippen LogP contribution in [0.2, 0.25) is 0 Å². The third-order valence-corrected chi connectivity index (χ3v) is 4.47. The quantitative estimate of drug-likeness (QED) is 0.886. The maximum absolute atomic E-state index is 13.2. The average molecular weight is 358 g/mol. The molecular weight excluding hydrogens is 339 g/mol. The van der Waals surface area contributed by atoms with E-state index in [1.807, 2.05) is 0 Å². The molecule has 2 aromatic rings. The van der Waals surface area contributed by atoms with Gasteiger partial charge in [-0.1, -0.05) is 6.07 Å². The number of carboxylic acids is 1. The van der Waals surface area contributed by atoms with Gasteiger partial charge in [-0.05, 0) is 36.2 Å². The van der Waals surface area contributed by atoms with Gasteiger partial charge < -0.3 is 14.9 Å². The molecule has 0 bridgehead atoms. The summed E-state index contributed by atoms with van der Waals surface area (Å²) in [6, 6.07) is 4.92. The van der Waals surface area contributed by atoms with E-state index in [1.54, 1.807) is 36.4 Å². The summed E-state index contributed by atoms with van der Waals surface area (Å²) in [4.78, 5) is 35.8. The van der Waals surface area contributed by atoms with E-state index in [2.05, 4.69) is 9.97 Å². The first-order valence-electron chi connectivity index (χ1n) is 8.25. The molecule has 8 heteroatoms. The zero-order valence-electron chi connectivity index (χ0n) is 14.3. The molecule has 1 aromatic carbocycles. The summed E-state index contributed by atoms with van der Waals surface area (Å²) in [5, 5.41) is 9.57. The Kier molecular flexibility index (Phi) is 5.11. The van der Waals surface area contributed by atoms with Gasteiger partial charge in [0.25, 0.3) is 0 Å². The standard InChI is InChI=1S/C18H19FN4O3/c1-12-9-14(19)4-3-13(12)10-16(24)23-8-7-22(11-15(23)17(25)26)18-20-5-2-6-21-18/h2-6,9,15H,7-8,10-11H2,1H3,(H,25,26). The lowest BCUT2D eigenvalue weighted by molar-refractivity contribution is -0.150. The van der Waals surface area contributed by atoms with Crippen LogP contribution in [0.3, 0.4) is 0 Å². The Morgan fingerprint density at radius 2 is 2.00 bits per heavy atom. The number of piperazine rings is 1. The van der Waals surface area contributed by atoms with Crippen molar-refractivity contribution in [2.45, 2.75) is 19.4 Å². The van der Waals surface area contributed by atoms with Gasteiger partial charge in [-0.3, -0.25) is 4.79 Å². The smallest absolute Gasteiger partial charge is 0.328 e. The first-order valence-corrected chi connectivity index (χ1v) is 8.25. The van der Waals surface area contributed by atoms with Gasteiger partial charge in [-0.2, -0.15) is 0 Å². The van der Waals surface area contributed by atoms with Crippen molar-refractivity contribution in [3.05, 3.63) is 53.6 Å². The average Bonchev–Trinajstić information content (AvgIpc) is 2.64. The molecule has 26 heavy (non-hydrogen) atoms. The molecule has 1 fully saturated rings. The highest BCUT2D eigenvalue weighted by Crippen LogP contribution is 2.18. The van der Waals surface area contributed by atoms with Gasteiger partial charge in [-0.25, -0.2) is 19.2 Å². The lowest BCUT2D eigenvalue weighted by atomic mass is 10.0. The second-order valence-corrected chi connectivity index (χ2v) is 6.18. The predicted octanol–water partition coefficient (Wildman–Crippen LogP) is 1.27. The van der Waals surface area contributed by atoms with Gasteiger partial charge in [0.05, 0.1) is 13.0 Å². The first-order chi connectivity index (χ1) is 12.5. The number of rotatable bonds is 4. The molecular formula is C18H19FN4O3.